The summed E-state index contributed by atoms with van der Waals surface area (Å²) in [6.07, 6.45) is 4.22. The van der Waals surface area contributed by atoms with Gasteiger partial charge in [-0.15, -0.1) is 0 Å². The largest absolute Gasteiger partial charge is 0.369 e. The Morgan fingerprint density at radius 1 is 0.706 bits per heavy atom. The van der Waals surface area contributed by atoms with Gasteiger partial charge in [0.2, 0.25) is 0 Å². The van der Waals surface area contributed by atoms with Crippen LogP contribution in [0.25, 0.3) is 10.8 Å². The summed E-state index contributed by atoms with van der Waals surface area (Å²) >= 11 is 0. The van der Waals surface area contributed by atoms with E-state index in [9.17, 15) is 9.50 Å². The Hall–Kier alpha value is -4.49. The van der Waals surface area contributed by atoms with Crippen LogP contribution in [0.15, 0.2) is 104 Å². The number of aliphatic hydroxyl groups is 1. The molecule has 168 valence electrons. The van der Waals surface area contributed by atoms with Crippen LogP contribution in [0, 0.1) is 5.82 Å². The average molecular weight is 452 g/mol. The van der Waals surface area contributed by atoms with Crippen molar-refractivity contribution in [2.75, 3.05) is 16.0 Å². The molecule has 0 aliphatic carbocycles. The Bertz CT molecular complexity index is 1410. The molecule has 5 aromatic rings. The Balaban J connectivity index is 1.28. The van der Waals surface area contributed by atoms with Crippen LogP contribution in [-0.4, -0.2) is 15.1 Å². The third-order valence-electron chi connectivity index (χ3n) is 5.35. The Labute approximate surface area is 196 Å². The van der Waals surface area contributed by atoms with Gasteiger partial charge < -0.3 is 21.1 Å². The summed E-state index contributed by atoms with van der Waals surface area (Å²) in [5.41, 5.74) is 4.06. The van der Waals surface area contributed by atoms with Crippen LogP contribution < -0.4 is 16.0 Å². The van der Waals surface area contributed by atoms with E-state index in [0.29, 0.717) is 16.8 Å². The highest BCUT2D eigenvalue weighted by molar-refractivity contribution is 5.93. The highest BCUT2D eigenvalue weighted by Crippen LogP contribution is 2.27. The van der Waals surface area contributed by atoms with Gasteiger partial charge in [-0.25, -0.2) is 9.37 Å². The van der Waals surface area contributed by atoms with Crippen LogP contribution in [0.2, 0.25) is 0 Å². The van der Waals surface area contributed by atoms with E-state index < -0.39 is 6.23 Å². The van der Waals surface area contributed by atoms with Crippen LogP contribution in [0.5, 0.6) is 0 Å². The molecule has 0 amide bonds. The first kappa shape index (κ1) is 21.4. The van der Waals surface area contributed by atoms with E-state index in [1.54, 1.807) is 24.7 Å². The molecule has 0 saturated carbocycles. The van der Waals surface area contributed by atoms with E-state index in [2.05, 4.69) is 25.9 Å². The van der Waals surface area contributed by atoms with Gasteiger partial charge in [-0.2, -0.15) is 0 Å². The minimum Gasteiger partial charge on any atom is -0.369 e. The quantitative estimate of drug-likeness (QED) is 0.216. The second-order valence-corrected chi connectivity index (χ2v) is 7.76. The lowest BCUT2D eigenvalue weighted by Crippen LogP contribution is -2.10. The first-order valence-electron chi connectivity index (χ1n) is 10.8. The number of aromatic nitrogens is 2. The van der Waals surface area contributed by atoms with Crippen LogP contribution in [-0.2, 0) is 0 Å². The molecule has 4 N–H and O–H groups in total. The van der Waals surface area contributed by atoms with Gasteiger partial charge >= 0.3 is 0 Å². The normalized spacial score (nSPS) is 11.7. The zero-order chi connectivity index (χ0) is 23.3. The second-order valence-electron chi connectivity index (χ2n) is 7.76. The summed E-state index contributed by atoms with van der Waals surface area (Å²) in [7, 11) is 0. The molecule has 0 spiro atoms. The van der Waals surface area contributed by atoms with E-state index >= 15 is 0 Å². The van der Waals surface area contributed by atoms with Crippen molar-refractivity contribution in [2.24, 2.45) is 0 Å². The van der Waals surface area contributed by atoms with Gasteiger partial charge in [0.05, 0.1) is 0 Å². The molecule has 2 heterocycles. The number of benzene rings is 3. The van der Waals surface area contributed by atoms with E-state index in [1.165, 1.54) is 12.1 Å². The number of anilines is 5. The molecular weight excluding hydrogens is 429 g/mol. The number of aliphatic hydroxyl groups excluding tert-OH is 1. The number of nitrogens with zero attached hydrogens (tertiary/aromatic N) is 2. The molecule has 0 radical (unpaired) electrons. The molecular formula is C27H22FN5O. The molecule has 0 saturated heterocycles. The number of hydrogen-bond acceptors (Lipinski definition) is 6. The molecule has 0 bridgehead atoms. The highest BCUT2D eigenvalue weighted by atomic mass is 19.1. The predicted octanol–water partition coefficient (Wildman–Crippen LogP) is 6.36. The number of rotatable bonds is 7. The topological polar surface area (TPSA) is 82.1 Å². The molecule has 1 atom stereocenters. The number of fused-ring (bicyclic) bond motifs is 1. The van der Waals surface area contributed by atoms with Crippen LogP contribution in [0.1, 0.15) is 11.8 Å². The molecule has 1 unspecified atom stereocenters. The van der Waals surface area contributed by atoms with E-state index in [4.69, 9.17) is 0 Å². The Kier molecular flexibility index (Phi) is 6.01. The second kappa shape index (κ2) is 9.56. The van der Waals surface area contributed by atoms with Crippen molar-refractivity contribution in [3.05, 3.63) is 115 Å². The lowest BCUT2D eigenvalue weighted by molar-refractivity contribution is 0.208. The number of halogens is 1. The fraction of sp³-hybridized carbons (Fsp3) is 0.0370. The maximum Gasteiger partial charge on any atom is 0.150 e. The molecule has 0 aliphatic rings. The molecule has 6 nitrogen and oxygen atoms in total. The Morgan fingerprint density at radius 3 is 2.29 bits per heavy atom. The summed E-state index contributed by atoms with van der Waals surface area (Å²) in [5, 5.41) is 22.0. The molecule has 2 aromatic heterocycles. The molecule has 34 heavy (non-hydrogen) atoms. The van der Waals surface area contributed by atoms with Crippen molar-refractivity contribution in [1.82, 2.24) is 9.97 Å². The zero-order valence-corrected chi connectivity index (χ0v) is 18.1. The van der Waals surface area contributed by atoms with Crippen molar-refractivity contribution in [3.8, 4) is 0 Å². The highest BCUT2D eigenvalue weighted by Gasteiger charge is 2.10. The van der Waals surface area contributed by atoms with Gasteiger partial charge in [-0.3, -0.25) is 4.98 Å². The average Bonchev–Trinajstić information content (AvgIpc) is 2.86. The standard InChI is InChI=1S/C27H22FN5O/c28-20-5-4-18-10-15-30-26(25(18)17-20)32-24-3-1-2-19(16-24)27(34)33-22-8-6-21(7-9-22)31-23-11-13-29-14-12-23/h1-17,27,33-34H,(H,29,31)(H,30,32). The molecule has 3 aromatic carbocycles. The summed E-state index contributed by atoms with van der Waals surface area (Å²) in [6, 6.07) is 25.2. The van der Waals surface area contributed by atoms with Gasteiger partial charge in [0, 0.05) is 52.3 Å². The predicted molar refractivity (Wildman–Crippen MR) is 134 cm³/mol. The third kappa shape index (κ3) is 4.95. The van der Waals surface area contributed by atoms with Gasteiger partial charge in [0.1, 0.15) is 11.6 Å². The SMILES string of the molecule is OC(Nc1ccc(Nc2ccncc2)cc1)c1cccc(Nc2nccc3ccc(F)cc23)c1. The first-order valence-corrected chi connectivity index (χ1v) is 10.8. The minimum atomic E-state index is -0.918. The van der Waals surface area contributed by atoms with Crippen molar-refractivity contribution in [3.63, 3.8) is 0 Å². The molecule has 7 heteroatoms. The summed E-state index contributed by atoms with van der Waals surface area (Å²) in [6.45, 7) is 0. The van der Waals surface area contributed by atoms with Gasteiger partial charge in [-0.1, -0.05) is 18.2 Å². The minimum absolute atomic E-state index is 0.320. The van der Waals surface area contributed by atoms with E-state index in [-0.39, 0.29) is 5.82 Å². The summed E-state index contributed by atoms with van der Waals surface area (Å²) in [5.74, 6) is 0.229. The summed E-state index contributed by atoms with van der Waals surface area (Å²) < 4.78 is 13.8. The van der Waals surface area contributed by atoms with Crippen LogP contribution in [0.3, 0.4) is 0 Å². The fourth-order valence-electron chi connectivity index (χ4n) is 3.66. The summed E-state index contributed by atoms with van der Waals surface area (Å²) in [4.78, 5) is 8.37. The number of hydrogen-bond donors (Lipinski definition) is 4. The van der Waals surface area contributed by atoms with Gasteiger partial charge in [-0.05, 0) is 72.1 Å². The molecule has 0 fully saturated rings. The van der Waals surface area contributed by atoms with E-state index in [0.717, 1.165) is 28.1 Å². The van der Waals surface area contributed by atoms with Crippen molar-refractivity contribution in [2.45, 2.75) is 6.23 Å². The van der Waals surface area contributed by atoms with Gasteiger partial charge in [0.15, 0.2) is 6.23 Å². The smallest absolute Gasteiger partial charge is 0.150 e. The molecule has 0 aliphatic heterocycles. The van der Waals surface area contributed by atoms with Crippen molar-refractivity contribution < 1.29 is 9.50 Å². The molecule has 5 rings (SSSR count). The third-order valence-corrected chi connectivity index (χ3v) is 5.35. The fourth-order valence-corrected chi connectivity index (χ4v) is 3.66. The maximum atomic E-state index is 13.8. The Morgan fingerprint density at radius 2 is 1.47 bits per heavy atom. The maximum absolute atomic E-state index is 13.8. The van der Waals surface area contributed by atoms with Crippen molar-refractivity contribution >= 4 is 39.3 Å². The van der Waals surface area contributed by atoms with E-state index in [1.807, 2.05) is 66.7 Å². The number of pyridine rings is 2. The van der Waals surface area contributed by atoms with Crippen molar-refractivity contribution in [1.29, 1.82) is 0 Å². The monoisotopic (exact) mass is 451 g/mol. The van der Waals surface area contributed by atoms with Crippen LogP contribution >= 0.6 is 0 Å². The van der Waals surface area contributed by atoms with Gasteiger partial charge in [0.25, 0.3) is 0 Å². The first-order chi connectivity index (χ1) is 16.6. The number of nitrogens with one attached hydrogen (secondary N) is 3. The lowest BCUT2D eigenvalue weighted by Gasteiger charge is -2.17. The zero-order valence-electron chi connectivity index (χ0n) is 18.1. The lowest BCUT2D eigenvalue weighted by atomic mass is 10.1. The van der Waals surface area contributed by atoms with Crippen LogP contribution in [0.4, 0.5) is 33.0 Å².